The van der Waals surface area contributed by atoms with Gasteiger partial charge in [0.25, 0.3) is 0 Å². The summed E-state index contributed by atoms with van der Waals surface area (Å²) in [6.45, 7) is 0. The topological polar surface area (TPSA) is 57.2 Å². The van der Waals surface area contributed by atoms with E-state index >= 15 is 0 Å². The number of H-pyrrole nitrogens is 1. The lowest BCUT2D eigenvalue weighted by molar-refractivity contribution is -0.122. The smallest absolute Gasteiger partial charge is 0.244 e. The maximum atomic E-state index is 12.9. The number of fused-ring (bicyclic) bond motifs is 1. The van der Waals surface area contributed by atoms with E-state index in [0.29, 0.717) is 0 Å². The highest BCUT2D eigenvalue weighted by molar-refractivity contribution is 5.99. The number of benzene rings is 3. The van der Waals surface area contributed by atoms with Crippen molar-refractivity contribution in [2.45, 2.75) is 11.8 Å². The summed E-state index contributed by atoms with van der Waals surface area (Å²) in [5.41, 5.74) is 6.83. The van der Waals surface area contributed by atoms with E-state index in [9.17, 15) is 4.79 Å². The molecule has 0 spiro atoms. The molecule has 1 aliphatic carbocycles. The fraction of sp³-hybridized carbons (Fsp3) is 0.120. The molecule has 0 bridgehead atoms. The zero-order valence-electron chi connectivity index (χ0n) is 15.9. The summed E-state index contributed by atoms with van der Waals surface area (Å²) in [7, 11) is 0. The molecule has 1 atom stereocenters. The van der Waals surface area contributed by atoms with Gasteiger partial charge in [0.1, 0.15) is 0 Å². The van der Waals surface area contributed by atoms with Crippen LogP contribution in [0, 0.1) is 5.92 Å². The van der Waals surface area contributed by atoms with Gasteiger partial charge in [0.2, 0.25) is 5.91 Å². The molecule has 4 nitrogen and oxygen atoms in total. The third-order valence-corrected chi connectivity index (χ3v) is 5.85. The Bertz CT molecular complexity index is 1140. The Morgan fingerprint density at radius 1 is 0.931 bits per heavy atom. The van der Waals surface area contributed by atoms with E-state index in [1.807, 2.05) is 66.9 Å². The maximum Gasteiger partial charge on any atom is 0.244 e. The highest BCUT2D eigenvalue weighted by atomic mass is 16.2. The summed E-state index contributed by atoms with van der Waals surface area (Å²) >= 11 is 0. The number of para-hydroxylation sites is 1. The van der Waals surface area contributed by atoms with Crippen LogP contribution in [0.1, 0.15) is 23.1 Å². The third kappa shape index (κ3) is 3.03. The van der Waals surface area contributed by atoms with E-state index < -0.39 is 0 Å². The highest BCUT2D eigenvalue weighted by Crippen LogP contribution is 2.58. The average molecular weight is 379 g/mol. The van der Waals surface area contributed by atoms with Gasteiger partial charge in [0, 0.05) is 28.1 Å². The van der Waals surface area contributed by atoms with Gasteiger partial charge in [-0.15, -0.1) is 0 Å². The second-order valence-corrected chi connectivity index (χ2v) is 7.48. The molecule has 1 saturated carbocycles. The van der Waals surface area contributed by atoms with E-state index in [2.05, 4.69) is 39.8 Å². The minimum absolute atomic E-state index is 0.0474. The van der Waals surface area contributed by atoms with Crippen LogP contribution in [0.15, 0.2) is 96.2 Å². The van der Waals surface area contributed by atoms with Crippen molar-refractivity contribution in [3.05, 3.63) is 108 Å². The summed E-state index contributed by atoms with van der Waals surface area (Å²) in [4.78, 5) is 16.1. The quantitative estimate of drug-likeness (QED) is 0.386. The van der Waals surface area contributed by atoms with Crippen molar-refractivity contribution in [2.75, 3.05) is 0 Å². The molecule has 1 aliphatic rings. The fourth-order valence-electron chi connectivity index (χ4n) is 4.30. The van der Waals surface area contributed by atoms with Crippen LogP contribution in [0.4, 0.5) is 0 Å². The SMILES string of the molecule is O=C(NN=Cc1c[nH]c2ccccc12)[C@@H]1CC1(c1ccccc1)c1ccccc1. The van der Waals surface area contributed by atoms with Crippen molar-refractivity contribution in [3.63, 3.8) is 0 Å². The largest absolute Gasteiger partial charge is 0.361 e. The molecule has 5 rings (SSSR count). The number of amides is 1. The van der Waals surface area contributed by atoms with Gasteiger partial charge in [-0.2, -0.15) is 5.10 Å². The van der Waals surface area contributed by atoms with Gasteiger partial charge in [0.15, 0.2) is 0 Å². The number of rotatable bonds is 5. The van der Waals surface area contributed by atoms with Crippen molar-refractivity contribution in [1.82, 2.24) is 10.4 Å². The number of hydrogen-bond donors (Lipinski definition) is 2. The van der Waals surface area contributed by atoms with Crippen LogP contribution < -0.4 is 5.43 Å². The van der Waals surface area contributed by atoms with Gasteiger partial charge in [-0.05, 0) is 23.6 Å². The number of carbonyl (C=O) groups excluding carboxylic acids is 1. The molecule has 3 aromatic carbocycles. The normalized spacial score (nSPS) is 17.4. The third-order valence-electron chi connectivity index (χ3n) is 5.85. The molecule has 1 heterocycles. The molecule has 2 N–H and O–H groups in total. The number of hydrazone groups is 1. The first-order valence-electron chi connectivity index (χ1n) is 9.79. The zero-order chi connectivity index (χ0) is 19.7. The van der Waals surface area contributed by atoms with E-state index in [-0.39, 0.29) is 17.2 Å². The average Bonchev–Trinajstić information content (AvgIpc) is 3.43. The van der Waals surface area contributed by atoms with Crippen molar-refractivity contribution >= 4 is 23.0 Å². The van der Waals surface area contributed by atoms with Gasteiger partial charge < -0.3 is 4.98 Å². The molecule has 29 heavy (non-hydrogen) atoms. The minimum atomic E-state index is -0.275. The van der Waals surface area contributed by atoms with Crippen LogP contribution in [0.5, 0.6) is 0 Å². The van der Waals surface area contributed by atoms with Crippen molar-refractivity contribution in [2.24, 2.45) is 11.0 Å². The molecule has 1 amide bonds. The van der Waals surface area contributed by atoms with Gasteiger partial charge in [-0.3, -0.25) is 4.79 Å². The van der Waals surface area contributed by atoms with Crippen LogP contribution >= 0.6 is 0 Å². The van der Waals surface area contributed by atoms with E-state index in [1.165, 1.54) is 11.1 Å². The van der Waals surface area contributed by atoms with Crippen LogP contribution in [0.2, 0.25) is 0 Å². The Morgan fingerprint density at radius 3 is 2.24 bits per heavy atom. The van der Waals surface area contributed by atoms with Crippen LogP contribution in [0.25, 0.3) is 10.9 Å². The van der Waals surface area contributed by atoms with Crippen molar-refractivity contribution in [1.29, 1.82) is 0 Å². The molecule has 1 aromatic heterocycles. The Balaban J connectivity index is 1.37. The zero-order valence-corrected chi connectivity index (χ0v) is 15.9. The van der Waals surface area contributed by atoms with Crippen molar-refractivity contribution < 1.29 is 4.79 Å². The molecular weight excluding hydrogens is 358 g/mol. The predicted molar refractivity (Wildman–Crippen MR) is 116 cm³/mol. The minimum Gasteiger partial charge on any atom is -0.361 e. The van der Waals surface area contributed by atoms with Gasteiger partial charge in [-0.25, -0.2) is 5.43 Å². The summed E-state index contributed by atoms with van der Waals surface area (Å²) < 4.78 is 0. The molecule has 0 unspecified atom stereocenters. The maximum absolute atomic E-state index is 12.9. The Morgan fingerprint density at radius 2 is 1.55 bits per heavy atom. The summed E-state index contributed by atoms with van der Waals surface area (Å²) in [6.07, 6.45) is 4.39. The monoisotopic (exact) mass is 379 g/mol. The van der Waals surface area contributed by atoms with Gasteiger partial charge >= 0.3 is 0 Å². The van der Waals surface area contributed by atoms with Gasteiger partial charge in [-0.1, -0.05) is 78.9 Å². The summed E-state index contributed by atoms with van der Waals surface area (Å²) in [5, 5.41) is 5.32. The molecule has 4 heteroatoms. The number of carbonyl (C=O) groups is 1. The summed E-state index contributed by atoms with van der Waals surface area (Å²) in [6, 6.07) is 28.6. The molecule has 0 radical (unpaired) electrons. The first-order valence-corrected chi connectivity index (χ1v) is 9.79. The number of aromatic amines is 1. The highest BCUT2D eigenvalue weighted by Gasteiger charge is 2.60. The van der Waals surface area contributed by atoms with E-state index in [0.717, 1.165) is 22.9 Å². The molecule has 1 fully saturated rings. The van der Waals surface area contributed by atoms with Crippen molar-refractivity contribution in [3.8, 4) is 0 Å². The first-order chi connectivity index (χ1) is 14.3. The number of nitrogens with one attached hydrogen (secondary N) is 2. The number of aromatic nitrogens is 1. The standard InChI is InChI=1S/C25H21N3O/c29-24(28-27-17-18-16-26-23-14-8-7-13-21(18)23)22-15-25(22,19-9-3-1-4-10-19)20-11-5-2-6-12-20/h1-14,16-17,22,26H,15H2,(H,28,29)/t22-/m0/s1. The Labute approximate surface area is 169 Å². The Hall–Kier alpha value is -3.66. The molecule has 142 valence electrons. The van der Waals surface area contributed by atoms with Crippen LogP contribution in [-0.2, 0) is 10.2 Å². The second kappa shape index (κ2) is 7.06. The molecule has 4 aromatic rings. The molecule has 0 aliphatic heterocycles. The lowest BCUT2D eigenvalue weighted by Crippen LogP contribution is -2.25. The summed E-state index contributed by atoms with van der Waals surface area (Å²) in [5.74, 6) is -0.179. The lowest BCUT2D eigenvalue weighted by atomic mass is 9.85. The van der Waals surface area contributed by atoms with E-state index in [4.69, 9.17) is 0 Å². The number of nitrogens with zero attached hydrogens (tertiary/aromatic N) is 1. The second-order valence-electron chi connectivity index (χ2n) is 7.48. The molecular formula is C25H21N3O. The lowest BCUT2D eigenvalue weighted by Gasteiger charge is -2.18. The Kier molecular flexibility index (Phi) is 4.24. The fourth-order valence-corrected chi connectivity index (χ4v) is 4.30. The molecule has 0 saturated heterocycles. The van der Waals surface area contributed by atoms with Gasteiger partial charge in [0.05, 0.1) is 12.1 Å². The van der Waals surface area contributed by atoms with E-state index in [1.54, 1.807) is 6.21 Å². The van der Waals surface area contributed by atoms with Crippen LogP contribution in [0.3, 0.4) is 0 Å². The predicted octanol–water partition coefficient (Wildman–Crippen LogP) is 4.62. The van der Waals surface area contributed by atoms with Crippen LogP contribution in [-0.4, -0.2) is 17.1 Å². The first kappa shape index (κ1) is 17.4. The number of hydrogen-bond acceptors (Lipinski definition) is 2.